The van der Waals surface area contributed by atoms with Gasteiger partial charge in [-0.05, 0) is 17.7 Å². The highest BCUT2D eigenvalue weighted by atomic mass is 19.1. The largest absolute Gasteiger partial charge is 0.464 e. The topological polar surface area (TPSA) is 98.5 Å². The third-order valence-corrected chi connectivity index (χ3v) is 3.25. The lowest BCUT2D eigenvalue weighted by Gasteiger charge is -2.07. The summed E-state index contributed by atoms with van der Waals surface area (Å²) >= 11 is 0. The van der Waals surface area contributed by atoms with E-state index in [0.29, 0.717) is 0 Å². The lowest BCUT2D eigenvalue weighted by Crippen LogP contribution is -2.25. The van der Waals surface area contributed by atoms with Crippen molar-refractivity contribution in [1.82, 2.24) is 24.9 Å². The molecule has 0 bridgehead atoms. The van der Waals surface area contributed by atoms with Gasteiger partial charge in [0.25, 0.3) is 11.7 Å². The number of methoxy groups -OCH3 is 1. The molecule has 9 heteroatoms. The first-order chi connectivity index (χ1) is 11.6. The van der Waals surface area contributed by atoms with E-state index < -0.39 is 11.9 Å². The summed E-state index contributed by atoms with van der Waals surface area (Å²) in [6.07, 6.45) is 1.22. The fourth-order valence-electron chi connectivity index (χ4n) is 2.05. The molecular formula is C15H12FN5O3. The van der Waals surface area contributed by atoms with Crippen molar-refractivity contribution >= 4 is 17.7 Å². The van der Waals surface area contributed by atoms with Crippen LogP contribution in [-0.4, -0.2) is 38.6 Å². The monoisotopic (exact) mass is 329 g/mol. The van der Waals surface area contributed by atoms with E-state index in [-0.39, 0.29) is 29.5 Å². The van der Waals surface area contributed by atoms with Crippen LogP contribution in [0, 0.1) is 5.82 Å². The molecular weight excluding hydrogens is 317 g/mol. The molecule has 0 unspecified atom stereocenters. The Morgan fingerprint density at radius 3 is 2.75 bits per heavy atom. The zero-order chi connectivity index (χ0) is 17.1. The van der Waals surface area contributed by atoms with Crippen molar-refractivity contribution in [3.63, 3.8) is 0 Å². The Morgan fingerprint density at radius 2 is 2.04 bits per heavy atom. The number of carbonyl (C=O) groups is 2. The molecule has 0 radical (unpaired) electrons. The number of amides is 1. The van der Waals surface area contributed by atoms with Crippen molar-refractivity contribution in [3.8, 4) is 0 Å². The van der Waals surface area contributed by atoms with Crippen molar-refractivity contribution in [1.29, 1.82) is 0 Å². The van der Waals surface area contributed by atoms with Crippen molar-refractivity contribution in [2.24, 2.45) is 0 Å². The van der Waals surface area contributed by atoms with Crippen molar-refractivity contribution in [2.75, 3.05) is 7.11 Å². The second kappa shape index (κ2) is 6.41. The summed E-state index contributed by atoms with van der Waals surface area (Å²) < 4.78 is 18.7. The Balaban J connectivity index is 1.84. The summed E-state index contributed by atoms with van der Waals surface area (Å²) in [6.45, 7) is 0.187. The summed E-state index contributed by atoms with van der Waals surface area (Å²) in [4.78, 5) is 32.0. The van der Waals surface area contributed by atoms with Crippen molar-refractivity contribution in [2.45, 2.75) is 6.54 Å². The molecule has 3 rings (SSSR count). The second-order valence-electron chi connectivity index (χ2n) is 4.80. The van der Waals surface area contributed by atoms with E-state index in [1.165, 1.54) is 36.2 Å². The standard InChI is InChI=1S/C15H12FN5O3/c1-24-14(23)12-6-11(20-15-18-8-19-21(12)15)13(22)17-7-9-2-4-10(16)5-3-9/h2-6,8H,7H2,1H3,(H,17,22). The minimum Gasteiger partial charge on any atom is -0.464 e. The van der Waals surface area contributed by atoms with Crippen molar-refractivity contribution in [3.05, 3.63) is 59.4 Å². The van der Waals surface area contributed by atoms with Crippen LogP contribution in [0.1, 0.15) is 26.5 Å². The number of benzene rings is 1. The molecule has 1 aromatic carbocycles. The minimum atomic E-state index is -0.666. The molecule has 0 aliphatic carbocycles. The fourth-order valence-corrected chi connectivity index (χ4v) is 2.05. The van der Waals surface area contributed by atoms with Crippen LogP contribution in [0.2, 0.25) is 0 Å². The number of esters is 1. The third-order valence-electron chi connectivity index (χ3n) is 3.25. The van der Waals surface area contributed by atoms with Crippen LogP contribution in [0.15, 0.2) is 36.7 Å². The van der Waals surface area contributed by atoms with Gasteiger partial charge in [0.05, 0.1) is 7.11 Å². The molecule has 0 aliphatic heterocycles. The highest BCUT2D eigenvalue weighted by molar-refractivity contribution is 5.96. The molecule has 1 N–H and O–H groups in total. The Kier molecular flexibility index (Phi) is 4.15. The molecule has 2 heterocycles. The Bertz CT molecular complexity index is 907. The SMILES string of the molecule is COC(=O)c1cc(C(=O)NCc2ccc(F)cc2)nc2ncnn12. The van der Waals surface area contributed by atoms with E-state index >= 15 is 0 Å². The lowest BCUT2D eigenvalue weighted by molar-refractivity contribution is 0.0590. The van der Waals surface area contributed by atoms with Gasteiger partial charge in [0.2, 0.25) is 0 Å². The van der Waals surface area contributed by atoms with Crippen LogP contribution in [0.5, 0.6) is 0 Å². The van der Waals surface area contributed by atoms with E-state index in [1.54, 1.807) is 12.1 Å². The summed E-state index contributed by atoms with van der Waals surface area (Å²) in [6, 6.07) is 7.00. The number of nitrogens with zero attached hydrogens (tertiary/aromatic N) is 4. The molecule has 24 heavy (non-hydrogen) atoms. The predicted molar refractivity (Wildman–Crippen MR) is 79.7 cm³/mol. The van der Waals surface area contributed by atoms with E-state index in [4.69, 9.17) is 0 Å². The van der Waals surface area contributed by atoms with Gasteiger partial charge in [-0.25, -0.2) is 14.2 Å². The van der Waals surface area contributed by atoms with Crippen LogP contribution in [-0.2, 0) is 11.3 Å². The van der Waals surface area contributed by atoms with Gasteiger partial charge in [-0.1, -0.05) is 12.1 Å². The van der Waals surface area contributed by atoms with E-state index in [0.717, 1.165) is 5.56 Å². The summed E-state index contributed by atoms with van der Waals surface area (Å²) in [5.74, 6) is -1.42. The van der Waals surface area contributed by atoms with Crippen LogP contribution in [0.25, 0.3) is 5.78 Å². The molecule has 0 spiro atoms. The Hall–Kier alpha value is -3.36. The van der Waals surface area contributed by atoms with Gasteiger partial charge >= 0.3 is 5.97 Å². The summed E-state index contributed by atoms with van der Waals surface area (Å²) in [5, 5.41) is 6.51. The normalized spacial score (nSPS) is 10.6. The number of hydrogen-bond acceptors (Lipinski definition) is 6. The zero-order valence-corrected chi connectivity index (χ0v) is 12.6. The van der Waals surface area contributed by atoms with E-state index in [2.05, 4.69) is 25.1 Å². The zero-order valence-electron chi connectivity index (χ0n) is 12.6. The maximum atomic E-state index is 12.9. The summed E-state index contributed by atoms with van der Waals surface area (Å²) in [7, 11) is 1.22. The number of hydrogen-bond donors (Lipinski definition) is 1. The first-order valence-electron chi connectivity index (χ1n) is 6.90. The second-order valence-corrected chi connectivity index (χ2v) is 4.80. The number of halogens is 1. The molecule has 122 valence electrons. The minimum absolute atomic E-state index is 0.00184. The smallest absolute Gasteiger partial charge is 0.356 e. The lowest BCUT2D eigenvalue weighted by atomic mass is 10.2. The molecule has 0 atom stereocenters. The van der Waals surface area contributed by atoms with Gasteiger partial charge in [-0.15, -0.1) is 0 Å². The van der Waals surface area contributed by atoms with Gasteiger partial charge in [-0.2, -0.15) is 14.6 Å². The molecule has 0 fully saturated rings. The number of nitrogens with one attached hydrogen (secondary N) is 1. The first-order valence-corrected chi connectivity index (χ1v) is 6.90. The van der Waals surface area contributed by atoms with Crippen LogP contribution >= 0.6 is 0 Å². The van der Waals surface area contributed by atoms with Crippen LogP contribution < -0.4 is 5.32 Å². The maximum Gasteiger partial charge on any atom is 0.356 e. The quantitative estimate of drug-likeness (QED) is 0.717. The molecule has 2 aromatic heterocycles. The third kappa shape index (κ3) is 3.05. The summed E-state index contributed by atoms with van der Waals surface area (Å²) in [5.41, 5.74) is 0.756. The molecule has 1 amide bonds. The number of ether oxygens (including phenoxy) is 1. The van der Waals surface area contributed by atoms with Crippen LogP contribution in [0.4, 0.5) is 4.39 Å². The van der Waals surface area contributed by atoms with Crippen LogP contribution in [0.3, 0.4) is 0 Å². The molecule has 0 saturated carbocycles. The number of aromatic nitrogens is 4. The van der Waals surface area contributed by atoms with Gasteiger partial charge in [0.1, 0.15) is 17.8 Å². The fraction of sp³-hybridized carbons (Fsp3) is 0.133. The van der Waals surface area contributed by atoms with Gasteiger partial charge in [0, 0.05) is 12.6 Å². The average molecular weight is 329 g/mol. The Morgan fingerprint density at radius 1 is 1.29 bits per heavy atom. The molecule has 0 aliphatic rings. The van der Waals surface area contributed by atoms with Gasteiger partial charge in [0.15, 0.2) is 5.69 Å². The molecule has 3 aromatic rings. The van der Waals surface area contributed by atoms with Crippen molar-refractivity contribution < 1.29 is 18.7 Å². The highest BCUT2D eigenvalue weighted by Crippen LogP contribution is 2.08. The highest BCUT2D eigenvalue weighted by Gasteiger charge is 2.18. The number of rotatable bonds is 4. The number of fused-ring (bicyclic) bond motifs is 1. The predicted octanol–water partition coefficient (Wildman–Crippen LogP) is 0.980. The molecule has 8 nitrogen and oxygen atoms in total. The molecule has 0 saturated heterocycles. The van der Waals surface area contributed by atoms with E-state index in [1.807, 2.05) is 0 Å². The Labute approximate surface area is 135 Å². The van der Waals surface area contributed by atoms with E-state index in [9.17, 15) is 14.0 Å². The number of carbonyl (C=O) groups excluding carboxylic acids is 2. The van der Waals surface area contributed by atoms with Gasteiger partial charge < -0.3 is 10.1 Å². The first kappa shape index (κ1) is 15.5. The maximum absolute atomic E-state index is 12.9. The van der Waals surface area contributed by atoms with Gasteiger partial charge in [-0.3, -0.25) is 4.79 Å². The average Bonchev–Trinajstić information content (AvgIpc) is 3.08.